The van der Waals surface area contributed by atoms with E-state index in [1.807, 2.05) is 24.3 Å². The standard InChI is InChI=1S/C21H29ClN4O2.HI/c1-15(2)19-12-16(28-26-19)13-24-20(23-3)25-14-21(8-10-27-11-9-21)17-6-4-5-7-18(17)22;/h4-7,12,15H,8-11,13-14H2,1-3H3,(H2,23,24,25);1H. The first kappa shape index (κ1) is 24.0. The molecule has 1 aromatic heterocycles. The van der Waals surface area contributed by atoms with E-state index < -0.39 is 0 Å². The molecule has 6 nitrogen and oxygen atoms in total. The number of nitrogens with zero attached hydrogens (tertiary/aromatic N) is 2. The lowest BCUT2D eigenvalue weighted by atomic mass is 9.74. The minimum Gasteiger partial charge on any atom is -0.381 e. The van der Waals surface area contributed by atoms with E-state index >= 15 is 0 Å². The van der Waals surface area contributed by atoms with Gasteiger partial charge in [0.15, 0.2) is 11.7 Å². The fraction of sp³-hybridized carbons (Fsp3) is 0.524. The second-order valence-corrected chi connectivity index (χ2v) is 7.93. The van der Waals surface area contributed by atoms with Crippen molar-refractivity contribution in [2.24, 2.45) is 4.99 Å². The Morgan fingerprint density at radius 1 is 1.24 bits per heavy atom. The predicted molar refractivity (Wildman–Crippen MR) is 127 cm³/mol. The number of hydrogen-bond donors (Lipinski definition) is 2. The van der Waals surface area contributed by atoms with Crippen molar-refractivity contribution in [2.75, 3.05) is 26.8 Å². The molecule has 29 heavy (non-hydrogen) atoms. The number of benzene rings is 1. The maximum absolute atomic E-state index is 6.53. The van der Waals surface area contributed by atoms with Gasteiger partial charge in [0.05, 0.1) is 12.2 Å². The zero-order chi connectivity index (χ0) is 20.0. The minimum absolute atomic E-state index is 0. The lowest BCUT2D eigenvalue weighted by Crippen LogP contribution is -2.48. The van der Waals surface area contributed by atoms with E-state index in [0.717, 1.165) is 55.0 Å². The van der Waals surface area contributed by atoms with Crippen LogP contribution in [0.25, 0.3) is 0 Å². The highest BCUT2D eigenvalue weighted by Gasteiger charge is 2.36. The van der Waals surface area contributed by atoms with Gasteiger partial charge in [0, 0.05) is 43.3 Å². The molecule has 1 aliphatic heterocycles. The van der Waals surface area contributed by atoms with Crippen LogP contribution in [0, 0.1) is 0 Å². The smallest absolute Gasteiger partial charge is 0.191 e. The molecule has 0 amide bonds. The van der Waals surface area contributed by atoms with Crippen molar-refractivity contribution in [3.8, 4) is 0 Å². The van der Waals surface area contributed by atoms with Gasteiger partial charge >= 0.3 is 0 Å². The number of aliphatic imine (C=N–C) groups is 1. The van der Waals surface area contributed by atoms with Crippen molar-refractivity contribution in [1.29, 1.82) is 0 Å². The number of guanidine groups is 1. The van der Waals surface area contributed by atoms with Crippen LogP contribution in [0.4, 0.5) is 0 Å². The normalized spacial score (nSPS) is 16.4. The summed E-state index contributed by atoms with van der Waals surface area (Å²) in [5.74, 6) is 1.86. The van der Waals surface area contributed by atoms with Gasteiger partial charge in [-0.25, -0.2) is 0 Å². The van der Waals surface area contributed by atoms with Gasteiger partial charge < -0.3 is 19.9 Å². The van der Waals surface area contributed by atoms with E-state index in [4.69, 9.17) is 20.9 Å². The molecular formula is C21H30ClIN4O2. The third-order valence-corrected chi connectivity index (χ3v) is 5.64. The number of ether oxygens (including phenoxy) is 1. The Kier molecular flexibility index (Phi) is 9.23. The molecule has 0 aliphatic carbocycles. The van der Waals surface area contributed by atoms with Crippen LogP contribution in [0.3, 0.4) is 0 Å². The molecule has 3 rings (SSSR count). The molecule has 0 saturated carbocycles. The molecule has 1 aliphatic rings. The molecule has 1 saturated heterocycles. The monoisotopic (exact) mass is 532 g/mol. The quantitative estimate of drug-likeness (QED) is 0.326. The summed E-state index contributed by atoms with van der Waals surface area (Å²) in [7, 11) is 1.77. The van der Waals surface area contributed by atoms with E-state index in [9.17, 15) is 0 Å². The van der Waals surface area contributed by atoms with Crippen LogP contribution in [-0.4, -0.2) is 37.9 Å². The minimum atomic E-state index is -0.0781. The molecule has 0 atom stereocenters. The number of halogens is 2. The molecule has 0 unspecified atom stereocenters. The Morgan fingerprint density at radius 2 is 1.97 bits per heavy atom. The second kappa shape index (κ2) is 11.2. The summed E-state index contributed by atoms with van der Waals surface area (Å²) < 4.78 is 11.0. The van der Waals surface area contributed by atoms with E-state index in [1.54, 1.807) is 7.05 Å². The highest BCUT2D eigenvalue weighted by Crippen LogP contribution is 2.38. The van der Waals surface area contributed by atoms with E-state index in [0.29, 0.717) is 12.5 Å². The Balaban J connectivity index is 0.00000300. The van der Waals surface area contributed by atoms with Crippen molar-refractivity contribution in [3.05, 3.63) is 52.4 Å². The number of rotatable bonds is 6. The van der Waals surface area contributed by atoms with Gasteiger partial charge in [0.25, 0.3) is 0 Å². The molecule has 0 radical (unpaired) electrons. The molecule has 0 bridgehead atoms. The van der Waals surface area contributed by atoms with Crippen LogP contribution in [0.5, 0.6) is 0 Å². The number of nitrogens with one attached hydrogen (secondary N) is 2. The topological polar surface area (TPSA) is 71.7 Å². The molecule has 2 heterocycles. The number of aromatic nitrogens is 1. The molecule has 2 aromatic rings. The summed E-state index contributed by atoms with van der Waals surface area (Å²) in [6, 6.07) is 10.1. The maximum atomic E-state index is 6.53. The fourth-order valence-corrected chi connectivity index (χ4v) is 3.86. The summed E-state index contributed by atoms with van der Waals surface area (Å²) in [5, 5.41) is 11.7. The fourth-order valence-electron chi connectivity index (χ4n) is 3.52. The summed E-state index contributed by atoms with van der Waals surface area (Å²) in [6.07, 6.45) is 1.83. The van der Waals surface area contributed by atoms with Crippen LogP contribution < -0.4 is 10.6 Å². The second-order valence-electron chi connectivity index (χ2n) is 7.52. The number of hydrogen-bond acceptors (Lipinski definition) is 4. The lowest BCUT2D eigenvalue weighted by Gasteiger charge is -2.38. The predicted octanol–water partition coefficient (Wildman–Crippen LogP) is 4.48. The Bertz CT molecular complexity index is 803. The van der Waals surface area contributed by atoms with Crippen molar-refractivity contribution < 1.29 is 9.26 Å². The molecule has 2 N–H and O–H groups in total. The van der Waals surface area contributed by atoms with Gasteiger partial charge in [-0.05, 0) is 30.4 Å². The van der Waals surface area contributed by atoms with Crippen LogP contribution in [0.1, 0.15) is 49.6 Å². The van der Waals surface area contributed by atoms with Crippen LogP contribution in [0.15, 0.2) is 39.8 Å². The summed E-state index contributed by atoms with van der Waals surface area (Å²) in [5.41, 5.74) is 2.05. The first-order valence-electron chi connectivity index (χ1n) is 9.77. The molecule has 1 fully saturated rings. The highest BCUT2D eigenvalue weighted by molar-refractivity contribution is 14.0. The zero-order valence-electron chi connectivity index (χ0n) is 17.2. The zero-order valence-corrected chi connectivity index (χ0v) is 20.3. The van der Waals surface area contributed by atoms with Crippen LogP contribution in [0.2, 0.25) is 5.02 Å². The average molecular weight is 533 g/mol. The summed E-state index contributed by atoms with van der Waals surface area (Å²) in [4.78, 5) is 4.34. The lowest BCUT2D eigenvalue weighted by molar-refractivity contribution is 0.0514. The van der Waals surface area contributed by atoms with Crippen molar-refractivity contribution in [1.82, 2.24) is 15.8 Å². The van der Waals surface area contributed by atoms with Crippen molar-refractivity contribution in [3.63, 3.8) is 0 Å². The third-order valence-electron chi connectivity index (χ3n) is 5.31. The maximum Gasteiger partial charge on any atom is 0.191 e. The Hall–Kier alpha value is -1.32. The summed E-state index contributed by atoms with van der Waals surface area (Å²) >= 11 is 6.53. The van der Waals surface area contributed by atoms with E-state index in [-0.39, 0.29) is 29.4 Å². The first-order valence-corrected chi connectivity index (χ1v) is 10.1. The van der Waals surface area contributed by atoms with Gasteiger partial charge in [-0.2, -0.15) is 0 Å². The van der Waals surface area contributed by atoms with Crippen LogP contribution in [-0.2, 0) is 16.7 Å². The highest BCUT2D eigenvalue weighted by atomic mass is 127. The average Bonchev–Trinajstić information content (AvgIpc) is 3.18. The van der Waals surface area contributed by atoms with Gasteiger partial charge in [0.1, 0.15) is 0 Å². The van der Waals surface area contributed by atoms with Gasteiger partial charge in [-0.1, -0.05) is 48.8 Å². The van der Waals surface area contributed by atoms with Gasteiger partial charge in [-0.3, -0.25) is 4.99 Å². The van der Waals surface area contributed by atoms with Crippen LogP contribution >= 0.6 is 35.6 Å². The molecule has 160 valence electrons. The molecule has 0 spiro atoms. The SMILES string of the molecule is CN=C(NCc1cc(C(C)C)no1)NCC1(c2ccccc2Cl)CCOCC1.I. The van der Waals surface area contributed by atoms with E-state index in [1.165, 1.54) is 5.56 Å². The van der Waals surface area contributed by atoms with Gasteiger partial charge in [-0.15, -0.1) is 24.0 Å². The molecule has 8 heteroatoms. The molecule has 1 aromatic carbocycles. The van der Waals surface area contributed by atoms with Gasteiger partial charge in [0.2, 0.25) is 0 Å². The largest absolute Gasteiger partial charge is 0.381 e. The Morgan fingerprint density at radius 3 is 2.59 bits per heavy atom. The third kappa shape index (κ3) is 6.08. The van der Waals surface area contributed by atoms with Crippen molar-refractivity contribution in [2.45, 2.75) is 44.6 Å². The van der Waals surface area contributed by atoms with E-state index in [2.05, 4.69) is 40.7 Å². The first-order chi connectivity index (χ1) is 13.5. The molecular weight excluding hydrogens is 503 g/mol. The Labute approximate surface area is 194 Å². The van der Waals surface area contributed by atoms with Crippen molar-refractivity contribution >= 4 is 41.5 Å². The summed E-state index contributed by atoms with van der Waals surface area (Å²) in [6.45, 7) is 6.91.